The minimum atomic E-state index is -0.642. The number of carbonyl (C=O) groups is 2. The van der Waals surface area contributed by atoms with Crippen LogP contribution >= 0.6 is 0 Å². The smallest absolute Gasteiger partial charge is 0.328 e. The Kier molecular flexibility index (Phi) is 8.24. The zero-order chi connectivity index (χ0) is 12.4. The second kappa shape index (κ2) is 8.96. The topological polar surface area (TPSA) is 76.7 Å². The van der Waals surface area contributed by atoms with E-state index >= 15 is 0 Å². The van der Waals surface area contributed by atoms with Crippen molar-refractivity contribution in [3.8, 4) is 0 Å². The number of carbonyl (C=O) groups excluding carboxylic acids is 2. The third-order valence-electron chi connectivity index (χ3n) is 1.86. The fraction of sp³-hybridized carbons (Fsp3) is 0.800. The Morgan fingerprint density at radius 3 is 2.62 bits per heavy atom. The van der Waals surface area contributed by atoms with Crippen LogP contribution in [0.1, 0.15) is 20.3 Å². The largest absolute Gasteiger partial charge is 0.467 e. The Bertz CT molecular complexity index is 221. The molecule has 6 heteroatoms. The van der Waals surface area contributed by atoms with Crippen LogP contribution in [0, 0.1) is 0 Å². The maximum atomic E-state index is 11.2. The minimum Gasteiger partial charge on any atom is -0.467 e. The summed E-state index contributed by atoms with van der Waals surface area (Å²) in [6, 6.07) is -1.02. The Balaban J connectivity index is 3.54. The van der Waals surface area contributed by atoms with E-state index in [2.05, 4.69) is 15.4 Å². The lowest BCUT2D eigenvalue weighted by molar-refractivity contribution is -0.142. The van der Waals surface area contributed by atoms with Gasteiger partial charge in [0.25, 0.3) is 0 Å². The van der Waals surface area contributed by atoms with Gasteiger partial charge in [-0.3, -0.25) is 0 Å². The number of amides is 2. The van der Waals surface area contributed by atoms with Gasteiger partial charge in [-0.2, -0.15) is 0 Å². The van der Waals surface area contributed by atoms with E-state index in [1.54, 1.807) is 6.92 Å². The van der Waals surface area contributed by atoms with E-state index in [-0.39, 0.29) is 6.03 Å². The Hall–Kier alpha value is -1.30. The fourth-order valence-corrected chi connectivity index (χ4v) is 1.00. The number of methoxy groups -OCH3 is 1. The summed E-state index contributed by atoms with van der Waals surface area (Å²) in [5, 5.41) is 5.07. The Morgan fingerprint density at radius 2 is 2.06 bits per heavy atom. The van der Waals surface area contributed by atoms with Gasteiger partial charge in [-0.05, 0) is 20.3 Å². The number of nitrogens with one attached hydrogen (secondary N) is 2. The van der Waals surface area contributed by atoms with Crippen molar-refractivity contribution < 1.29 is 19.1 Å². The first kappa shape index (κ1) is 14.7. The van der Waals surface area contributed by atoms with Crippen molar-refractivity contribution in [3.05, 3.63) is 0 Å². The van der Waals surface area contributed by atoms with E-state index in [4.69, 9.17) is 4.74 Å². The van der Waals surface area contributed by atoms with Gasteiger partial charge in [0.1, 0.15) is 6.04 Å². The number of hydrogen-bond acceptors (Lipinski definition) is 4. The van der Waals surface area contributed by atoms with Crippen LogP contribution in [-0.4, -0.2) is 44.9 Å². The van der Waals surface area contributed by atoms with Crippen LogP contribution < -0.4 is 10.6 Å². The standard InChI is InChI=1S/C10H20N2O4/c1-4-16-7-5-6-11-10(14)12-8(2)9(13)15-3/h8H,4-7H2,1-3H3,(H2,11,12,14)/t8-/m0/s1. The molecule has 0 radical (unpaired) electrons. The summed E-state index contributed by atoms with van der Waals surface area (Å²) in [4.78, 5) is 22.2. The molecule has 0 aliphatic carbocycles. The number of esters is 1. The highest BCUT2D eigenvalue weighted by Crippen LogP contribution is 1.86. The molecule has 0 bridgehead atoms. The number of rotatable bonds is 7. The molecule has 0 aromatic rings. The molecule has 1 atom stereocenters. The zero-order valence-corrected chi connectivity index (χ0v) is 10.0. The molecule has 2 amide bonds. The van der Waals surface area contributed by atoms with Gasteiger partial charge in [-0.25, -0.2) is 9.59 Å². The van der Waals surface area contributed by atoms with E-state index in [0.29, 0.717) is 19.8 Å². The molecular weight excluding hydrogens is 212 g/mol. The van der Waals surface area contributed by atoms with Crippen LogP contribution in [-0.2, 0) is 14.3 Å². The van der Waals surface area contributed by atoms with E-state index in [1.807, 2.05) is 6.92 Å². The number of urea groups is 1. The zero-order valence-electron chi connectivity index (χ0n) is 10.0. The summed E-state index contributed by atoms with van der Waals surface area (Å²) in [5.74, 6) is -0.468. The highest BCUT2D eigenvalue weighted by Gasteiger charge is 2.14. The molecule has 0 saturated carbocycles. The van der Waals surface area contributed by atoms with Crippen molar-refractivity contribution in [2.75, 3.05) is 26.9 Å². The molecule has 6 nitrogen and oxygen atoms in total. The number of hydrogen-bond donors (Lipinski definition) is 2. The van der Waals surface area contributed by atoms with Gasteiger partial charge in [0.2, 0.25) is 0 Å². The summed E-state index contributed by atoms with van der Waals surface area (Å²) < 4.78 is 9.58. The molecule has 94 valence electrons. The maximum Gasteiger partial charge on any atom is 0.328 e. The highest BCUT2D eigenvalue weighted by molar-refractivity contribution is 5.83. The summed E-state index contributed by atoms with van der Waals surface area (Å²) in [6.07, 6.45) is 0.744. The van der Waals surface area contributed by atoms with Gasteiger partial charge >= 0.3 is 12.0 Å². The third-order valence-corrected chi connectivity index (χ3v) is 1.86. The first-order valence-electron chi connectivity index (χ1n) is 5.31. The van der Waals surface area contributed by atoms with Crippen LogP contribution in [0.2, 0.25) is 0 Å². The van der Waals surface area contributed by atoms with Gasteiger partial charge < -0.3 is 20.1 Å². The molecule has 0 fully saturated rings. The van der Waals surface area contributed by atoms with Crippen molar-refractivity contribution in [1.29, 1.82) is 0 Å². The van der Waals surface area contributed by atoms with Gasteiger partial charge in [-0.15, -0.1) is 0 Å². The van der Waals surface area contributed by atoms with Crippen LogP contribution in [0.3, 0.4) is 0 Å². The van der Waals surface area contributed by atoms with Gasteiger partial charge in [0.15, 0.2) is 0 Å². The first-order chi connectivity index (χ1) is 7.61. The van der Waals surface area contributed by atoms with E-state index < -0.39 is 12.0 Å². The second-order valence-electron chi connectivity index (χ2n) is 3.20. The monoisotopic (exact) mass is 232 g/mol. The van der Waals surface area contributed by atoms with Gasteiger partial charge in [0.05, 0.1) is 7.11 Å². The lowest BCUT2D eigenvalue weighted by atomic mass is 10.3. The van der Waals surface area contributed by atoms with E-state index in [9.17, 15) is 9.59 Å². The molecule has 0 heterocycles. The Morgan fingerprint density at radius 1 is 1.38 bits per heavy atom. The molecule has 16 heavy (non-hydrogen) atoms. The summed E-state index contributed by atoms with van der Waals surface area (Å²) in [6.45, 7) is 5.28. The quantitative estimate of drug-likeness (QED) is 0.488. The van der Waals surface area contributed by atoms with Crippen molar-refractivity contribution in [1.82, 2.24) is 10.6 Å². The summed E-state index contributed by atoms with van der Waals surface area (Å²) in [7, 11) is 1.28. The van der Waals surface area contributed by atoms with Crippen molar-refractivity contribution in [3.63, 3.8) is 0 Å². The van der Waals surface area contributed by atoms with Crippen LogP contribution in [0.15, 0.2) is 0 Å². The molecule has 2 N–H and O–H groups in total. The molecule has 0 saturated heterocycles. The molecule has 0 spiro atoms. The normalized spacial score (nSPS) is 11.7. The van der Waals surface area contributed by atoms with Gasteiger partial charge in [0, 0.05) is 19.8 Å². The first-order valence-corrected chi connectivity index (χ1v) is 5.31. The average Bonchev–Trinajstić information content (AvgIpc) is 2.27. The molecule has 0 aromatic heterocycles. The molecule has 0 aliphatic rings. The molecule has 0 aliphatic heterocycles. The molecular formula is C10H20N2O4. The van der Waals surface area contributed by atoms with Crippen LogP contribution in [0.5, 0.6) is 0 Å². The predicted molar refractivity (Wildman–Crippen MR) is 59.1 cm³/mol. The highest BCUT2D eigenvalue weighted by atomic mass is 16.5. The predicted octanol–water partition coefficient (Wildman–Crippen LogP) is 0.274. The molecule has 0 rings (SSSR count). The van der Waals surface area contributed by atoms with E-state index in [1.165, 1.54) is 7.11 Å². The number of ether oxygens (including phenoxy) is 2. The summed E-state index contributed by atoms with van der Waals surface area (Å²) in [5.41, 5.74) is 0. The minimum absolute atomic E-state index is 0.380. The van der Waals surface area contributed by atoms with Gasteiger partial charge in [-0.1, -0.05) is 0 Å². The Labute approximate surface area is 95.7 Å². The SMILES string of the molecule is CCOCCCNC(=O)N[C@@H](C)C(=O)OC. The average molecular weight is 232 g/mol. The van der Waals surface area contributed by atoms with E-state index in [0.717, 1.165) is 6.42 Å². The lowest BCUT2D eigenvalue weighted by Crippen LogP contribution is -2.45. The summed E-state index contributed by atoms with van der Waals surface area (Å²) >= 11 is 0. The van der Waals surface area contributed by atoms with Crippen LogP contribution in [0.4, 0.5) is 4.79 Å². The van der Waals surface area contributed by atoms with Crippen LogP contribution in [0.25, 0.3) is 0 Å². The third kappa shape index (κ3) is 7.05. The van der Waals surface area contributed by atoms with Crippen molar-refractivity contribution >= 4 is 12.0 Å². The lowest BCUT2D eigenvalue weighted by Gasteiger charge is -2.12. The fourth-order valence-electron chi connectivity index (χ4n) is 1.00. The second-order valence-corrected chi connectivity index (χ2v) is 3.20. The molecule has 0 unspecified atom stereocenters. The maximum absolute atomic E-state index is 11.2. The van der Waals surface area contributed by atoms with Crippen molar-refractivity contribution in [2.45, 2.75) is 26.3 Å². The molecule has 0 aromatic carbocycles. The van der Waals surface area contributed by atoms with Crippen molar-refractivity contribution in [2.24, 2.45) is 0 Å².